The fourth-order valence-electron chi connectivity index (χ4n) is 1.66. The van der Waals surface area contributed by atoms with Crippen LogP contribution < -0.4 is 10.9 Å². The van der Waals surface area contributed by atoms with E-state index in [4.69, 9.17) is 0 Å². The minimum absolute atomic E-state index is 0.131. The second-order valence-corrected chi connectivity index (χ2v) is 4.09. The van der Waals surface area contributed by atoms with Crippen LogP contribution in [-0.2, 0) is 0 Å². The fourth-order valence-corrected chi connectivity index (χ4v) is 1.82. The van der Waals surface area contributed by atoms with Crippen molar-refractivity contribution in [1.82, 2.24) is 4.98 Å². The number of halogens is 3. The van der Waals surface area contributed by atoms with Gasteiger partial charge in [-0.2, -0.15) is 25.8 Å². The van der Waals surface area contributed by atoms with E-state index in [1.54, 1.807) is 6.07 Å². The van der Waals surface area contributed by atoms with Crippen LogP contribution >= 0.6 is 12.6 Å². The molecule has 1 aromatic carbocycles. The quantitative estimate of drug-likeness (QED) is 0.585. The molecular weight excluding hydrogens is 277 g/mol. The number of alkyl halides is 3. The van der Waals surface area contributed by atoms with Crippen LogP contribution in [0.4, 0.5) is 18.9 Å². The Morgan fingerprint density at radius 2 is 2.00 bits per heavy atom. The van der Waals surface area contributed by atoms with Gasteiger partial charge in [0, 0.05) is 11.3 Å². The number of nitrogens with one attached hydrogen (secondary N) is 2. The van der Waals surface area contributed by atoms with E-state index in [9.17, 15) is 18.0 Å². The number of thiol groups is 1. The van der Waals surface area contributed by atoms with Gasteiger partial charge in [-0.15, -0.1) is 0 Å². The van der Waals surface area contributed by atoms with Gasteiger partial charge in [-0.25, -0.2) is 0 Å². The van der Waals surface area contributed by atoms with Crippen molar-refractivity contribution in [2.45, 2.75) is 6.30 Å². The van der Waals surface area contributed by atoms with Crippen molar-refractivity contribution in [1.29, 1.82) is 0 Å². The molecule has 0 bridgehead atoms. The van der Waals surface area contributed by atoms with Crippen LogP contribution in [0.2, 0.25) is 0 Å². The Hall–Kier alpha value is -1.89. The SMILES string of the molecule is O=c1[nH]c2cc(NC(F)(F)F)ccc2cc1/C=C/S. The highest BCUT2D eigenvalue weighted by atomic mass is 32.1. The van der Waals surface area contributed by atoms with Crippen molar-refractivity contribution in [3.05, 3.63) is 45.6 Å². The summed E-state index contributed by atoms with van der Waals surface area (Å²) < 4.78 is 36.6. The van der Waals surface area contributed by atoms with E-state index in [1.165, 1.54) is 35.0 Å². The molecular formula is C12H9F3N2OS. The van der Waals surface area contributed by atoms with Gasteiger partial charge in [0.05, 0.1) is 5.52 Å². The molecule has 100 valence electrons. The van der Waals surface area contributed by atoms with Crippen molar-refractivity contribution in [2.24, 2.45) is 0 Å². The molecule has 2 aromatic rings. The van der Waals surface area contributed by atoms with E-state index < -0.39 is 6.30 Å². The lowest BCUT2D eigenvalue weighted by Gasteiger charge is -2.10. The molecule has 0 fully saturated rings. The maximum absolute atomic E-state index is 12.2. The molecule has 0 radical (unpaired) electrons. The van der Waals surface area contributed by atoms with Gasteiger partial charge in [0.1, 0.15) is 0 Å². The van der Waals surface area contributed by atoms with Crippen LogP contribution in [0.15, 0.2) is 34.5 Å². The maximum Gasteiger partial charge on any atom is 0.482 e. The zero-order valence-corrected chi connectivity index (χ0v) is 10.3. The Bertz CT molecular complexity index is 691. The van der Waals surface area contributed by atoms with Crippen LogP contribution in [0.1, 0.15) is 5.56 Å². The predicted octanol–water partition coefficient (Wildman–Crippen LogP) is 3.36. The molecule has 19 heavy (non-hydrogen) atoms. The lowest BCUT2D eigenvalue weighted by Crippen LogP contribution is -2.20. The maximum atomic E-state index is 12.2. The molecule has 0 atom stereocenters. The molecule has 0 saturated carbocycles. The minimum atomic E-state index is -4.51. The molecule has 1 aromatic heterocycles. The fraction of sp³-hybridized carbons (Fsp3) is 0.0833. The Labute approximate surface area is 111 Å². The summed E-state index contributed by atoms with van der Waals surface area (Å²) in [5, 5.41) is 3.43. The molecule has 0 aliphatic rings. The standard InChI is InChI=1S/C12H9F3N2OS/c13-12(14,15)17-9-2-1-7-5-8(3-4-19)11(18)16-10(7)6-9/h1-6,17,19H,(H,16,18)/b4-3+. The number of fused-ring (bicyclic) bond motifs is 1. The summed E-state index contributed by atoms with van der Waals surface area (Å²) >= 11 is 3.87. The highest BCUT2D eigenvalue weighted by molar-refractivity contribution is 7.83. The van der Waals surface area contributed by atoms with Crippen molar-refractivity contribution in [3.8, 4) is 0 Å². The number of hydrogen-bond acceptors (Lipinski definition) is 3. The lowest BCUT2D eigenvalue weighted by atomic mass is 10.1. The van der Waals surface area contributed by atoms with E-state index >= 15 is 0 Å². The van der Waals surface area contributed by atoms with Gasteiger partial charge in [0.25, 0.3) is 5.56 Å². The first-order valence-corrected chi connectivity index (χ1v) is 5.73. The first kappa shape index (κ1) is 13.5. The molecule has 2 rings (SSSR count). The van der Waals surface area contributed by atoms with E-state index in [0.29, 0.717) is 16.5 Å². The Morgan fingerprint density at radius 3 is 2.63 bits per heavy atom. The van der Waals surface area contributed by atoms with Gasteiger partial charge in [-0.05, 0) is 35.1 Å². The first-order valence-electron chi connectivity index (χ1n) is 5.22. The molecule has 0 unspecified atom stereocenters. The summed E-state index contributed by atoms with van der Waals surface area (Å²) in [6.07, 6.45) is -3.01. The van der Waals surface area contributed by atoms with E-state index in [-0.39, 0.29) is 11.2 Å². The van der Waals surface area contributed by atoms with Crippen LogP contribution in [0, 0.1) is 0 Å². The van der Waals surface area contributed by atoms with Crippen LogP contribution in [0.5, 0.6) is 0 Å². The molecule has 7 heteroatoms. The number of pyridine rings is 1. The molecule has 0 spiro atoms. The molecule has 0 saturated heterocycles. The zero-order valence-electron chi connectivity index (χ0n) is 9.45. The Morgan fingerprint density at radius 1 is 1.26 bits per heavy atom. The average molecular weight is 286 g/mol. The monoisotopic (exact) mass is 286 g/mol. The molecule has 0 aliphatic carbocycles. The highest BCUT2D eigenvalue weighted by Gasteiger charge is 2.26. The largest absolute Gasteiger partial charge is 0.482 e. The average Bonchev–Trinajstić information content (AvgIpc) is 2.28. The molecule has 3 nitrogen and oxygen atoms in total. The van der Waals surface area contributed by atoms with Crippen molar-refractivity contribution in [2.75, 3.05) is 5.32 Å². The summed E-state index contributed by atoms with van der Waals surface area (Å²) in [6.45, 7) is 0. The van der Waals surface area contributed by atoms with Gasteiger partial charge in [0.15, 0.2) is 0 Å². The lowest BCUT2D eigenvalue weighted by molar-refractivity contribution is -0.0999. The van der Waals surface area contributed by atoms with Crippen LogP contribution in [-0.4, -0.2) is 11.3 Å². The van der Waals surface area contributed by atoms with Crippen LogP contribution in [0.3, 0.4) is 0 Å². The normalized spacial score (nSPS) is 12.2. The number of rotatable bonds is 2. The van der Waals surface area contributed by atoms with E-state index in [2.05, 4.69) is 17.6 Å². The second-order valence-electron chi connectivity index (χ2n) is 3.79. The van der Waals surface area contributed by atoms with E-state index in [1.807, 2.05) is 0 Å². The molecule has 0 amide bonds. The molecule has 1 heterocycles. The predicted molar refractivity (Wildman–Crippen MR) is 72.3 cm³/mol. The first-order chi connectivity index (χ1) is 8.89. The van der Waals surface area contributed by atoms with Crippen molar-refractivity contribution < 1.29 is 13.2 Å². The van der Waals surface area contributed by atoms with Gasteiger partial charge in [0.2, 0.25) is 0 Å². The summed E-state index contributed by atoms with van der Waals surface area (Å²) in [4.78, 5) is 14.2. The third-order valence-electron chi connectivity index (χ3n) is 2.41. The smallest absolute Gasteiger partial charge is 0.321 e. The zero-order chi connectivity index (χ0) is 14.0. The van der Waals surface area contributed by atoms with Gasteiger partial charge in [-0.3, -0.25) is 10.1 Å². The van der Waals surface area contributed by atoms with E-state index in [0.717, 1.165) is 0 Å². The summed E-state index contributed by atoms with van der Waals surface area (Å²) in [6, 6.07) is 5.61. The summed E-state index contributed by atoms with van der Waals surface area (Å²) in [7, 11) is 0. The van der Waals surface area contributed by atoms with Crippen LogP contribution in [0.25, 0.3) is 17.0 Å². The van der Waals surface area contributed by atoms with Gasteiger partial charge in [-0.1, -0.05) is 6.07 Å². The highest BCUT2D eigenvalue weighted by Crippen LogP contribution is 2.23. The minimum Gasteiger partial charge on any atom is -0.321 e. The summed E-state index contributed by atoms with van der Waals surface area (Å²) in [5.74, 6) is 0. The number of anilines is 1. The number of H-pyrrole nitrogens is 1. The third-order valence-corrected chi connectivity index (χ3v) is 2.56. The van der Waals surface area contributed by atoms with Gasteiger partial charge >= 0.3 is 6.30 Å². The number of aromatic nitrogens is 1. The number of aromatic amines is 1. The number of hydrogen-bond donors (Lipinski definition) is 3. The Kier molecular flexibility index (Phi) is 3.57. The Balaban J connectivity index is 2.50. The number of benzene rings is 1. The van der Waals surface area contributed by atoms with Gasteiger partial charge < -0.3 is 4.98 Å². The third kappa shape index (κ3) is 3.31. The molecule has 2 N–H and O–H groups in total. The molecule has 0 aliphatic heterocycles. The topological polar surface area (TPSA) is 44.9 Å². The second kappa shape index (κ2) is 5.00. The van der Waals surface area contributed by atoms with Crippen molar-refractivity contribution >= 4 is 35.3 Å². The summed E-state index contributed by atoms with van der Waals surface area (Å²) in [5.41, 5.74) is 0.199. The van der Waals surface area contributed by atoms with Crippen molar-refractivity contribution in [3.63, 3.8) is 0 Å².